The Labute approximate surface area is 191 Å². The third kappa shape index (κ3) is 10.5. The molecule has 0 aliphatic heterocycles. The van der Waals surface area contributed by atoms with Crippen molar-refractivity contribution in [3.63, 3.8) is 0 Å². The highest BCUT2D eigenvalue weighted by atomic mass is 16.7. The van der Waals surface area contributed by atoms with E-state index in [0.717, 1.165) is 11.1 Å². The van der Waals surface area contributed by atoms with Crippen molar-refractivity contribution in [2.24, 2.45) is 0 Å². The van der Waals surface area contributed by atoms with E-state index < -0.39 is 11.9 Å². The van der Waals surface area contributed by atoms with Gasteiger partial charge in [0.1, 0.15) is 11.5 Å². The summed E-state index contributed by atoms with van der Waals surface area (Å²) in [5.41, 5.74) is 2.60. The van der Waals surface area contributed by atoms with Gasteiger partial charge in [-0.25, -0.2) is 9.59 Å². The van der Waals surface area contributed by atoms with Gasteiger partial charge in [-0.05, 0) is 49.2 Å². The van der Waals surface area contributed by atoms with Gasteiger partial charge in [-0.1, -0.05) is 65.1 Å². The van der Waals surface area contributed by atoms with Crippen LogP contribution in [-0.4, -0.2) is 25.5 Å². The van der Waals surface area contributed by atoms with E-state index in [1.807, 2.05) is 52.0 Å². The highest BCUT2D eigenvalue weighted by molar-refractivity contribution is 5.87. The van der Waals surface area contributed by atoms with Gasteiger partial charge in [0.25, 0.3) is 0 Å². The molecular weight excluding hydrogens is 408 g/mol. The first-order valence-corrected chi connectivity index (χ1v) is 10.5. The van der Waals surface area contributed by atoms with E-state index >= 15 is 0 Å². The number of carbonyl (C=O) groups excluding carboxylic acids is 2. The van der Waals surface area contributed by atoms with Gasteiger partial charge in [0.05, 0.1) is 0 Å². The number of hydrogen-bond acceptors (Lipinski definition) is 6. The molecule has 2 aromatic carbocycles. The first kappa shape index (κ1) is 28.5. The van der Waals surface area contributed by atoms with E-state index in [4.69, 9.17) is 18.9 Å². The third-order valence-electron chi connectivity index (χ3n) is 3.57. The number of ether oxygens (including phenoxy) is 4. The van der Waals surface area contributed by atoms with Crippen molar-refractivity contribution in [3.05, 3.63) is 72.8 Å². The van der Waals surface area contributed by atoms with E-state index in [0.29, 0.717) is 22.6 Å². The standard InChI is InChI=1S/C22H22O6.2C2H6/c1-15(2)21(23)27-13-25-19-9-5-17(6-10-19)18-7-11-20(12-8-18)26-14-28-22(24)16(3)4;2*1-2/h5-12H,1,3,13-14H2,2,4H3;2*1-2H3. The van der Waals surface area contributed by atoms with Crippen LogP contribution in [0.1, 0.15) is 41.5 Å². The highest BCUT2D eigenvalue weighted by Crippen LogP contribution is 2.24. The van der Waals surface area contributed by atoms with Crippen molar-refractivity contribution in [3.8, 4) is 22.6 Å². The fourth-order valence-electron chi connectivity index (χ4n) is 2.04. The molecule has 0 saturated carbocycles. The molecule has 0 radical (unpaired) electrons. The molecule has 0 saturated heterocycles. The lowest BCUT2D eigenvalue weighted by Crippen LogP contribution is -2.10. The van der Waals surface area contributed by atoms with Crippen molar-refractivity contribution in [1.82, 2.24) is 0 Å². The Morgan fingerprint density at radius 2 is 0.906 bits per heavy atom. The summed E-state index contributed by atoms with van der Waals surface area (Å²) in [7, 11) is 0. The van der Waals surface area contributed by atoms with Crippen LogP contribution in [0.4, 0.5) is 0 Å². The first-order chi connectivity index (χ1) is 15.4. The molecule has 0 aromatic heterocycles. The smallest absolute Gasteiger partial charge is 0.335 e. The predicted molar refractivity (Wildman–Crippen MR) is 127 cm³/mol. The summed E-state index contributed by atoms with van der Waals surface area (Å²) in [6.07, 6.45) is 0. The molecule has 6 heteroatoms. The second-order valence-electron chi connectivity index (χ2n) is 6.00. The second-order valence-corrected chi connectivity index (χ2v) is 6.00. The summed E-state index contributed by atoms with van der Waals surface area (Å²) in [5.74, 6) is 0.178. The van der Waals surface area contributed by atoms with Gasteiger partial charge in [-0.3, -0.25) is 0 Å². The summed E-state index contributed by atoms with van der Waals surface area (Å²) in [6, 6.07) is 14.7. The molecule has 0 aliphatic carbocycles. The van der Waals surface area contributed by atoms with Crippen molar-refractivity contribution in [2.45, 2.75) is 41.5 Å². The van der Waals surface area contributed by atoms with E-state index in [1.165, 1.54) is 0 Å². The maximum absolute atomic E-state index is 11.3. The molecule has 0 spiro atoms. The van der Waals surface area contributed by atoms with Crippen LogP contribution in [0.2, 0.25) is 0 Å². The quantitative estimate of drug-likeness (QED) is 0.257. The van der Waals surface area contributed by atoms with Crippen molar-refractivity contribution in [2.75, 3.05) is 13.6 Å². The summed E-state index contributed by atoms with van der Waals surface area (Å²) < 4.78 is 20.5. The lowest BCUT2D eigenvalue weighted by atomic mass is 10.1. The lowest BCUT2D eigenvalue weighted by Gasteiger charge is -2.09. The Morgan fingerprint density at radius 1 is 0.625 bits per heavy atom. The summed E-state index contributed by atoms with van der Waals surface area (Å²) in [5, 5.41) is 0. The van der Waals surface area contributed by atoms with Gasteiger partial charge in [0, 0.05) is 11.1 Å². The Kier molecular flexibility index (Phi) is 14.4. The average molecular weight is 443 g/mol. The van der Waals surface area contributed by atoms with Crippen LogP contribution < -0.4 is 9.47 Å². The molecule has 32 heavy (non-hydrogen) atoms. The van der Waals surface area contributed by atoms with Crippen molar-refractivity contribution in [1.29, 1.82) is 0 Å². The van der Waals surface area contributed by atoms with E-state index in [9.17, 15) is 9.59 Å². The fourth-order valence-corrected chi connectivity index (χ4v) is 2.04. The summed E-state index contributed by atoms with van der Waals surface area (Å²) in [6.45, 7) is 17.8. The predicted octanol–water partition coefficient (Wildman–Crippen LogP) is 6.32. The zero-order valence-corrected chi connectivity index (χ0v) is 19.9. The number of rotatable bonds is 9. The maximum atomic E-state index is 11.3. The third-order valence-corrected chi connectivity index (χ3v) is 3.57. The molecule has 2 rings (SSSR count). The van der Waals surface area contributed by atoms with E-state index in [1.54, 1.807) is 38.1 Å². The molecule has 0 fully saturated rings. The van der Waals surface area contributed by atoms with Gasteiger partial charge in [0.2, 0.25) is 13.6 Å². The number of esters is 2. The summed E-state index contributed by atoms with van der Waals surface area (Å²) in [4.78, 5) is 22.6. The Bertz CT molecular complexity index is 777. The van der Waals surface area contributed by atoms with Gasteiger partial charge in [-0.15, -0.1) is 0 Å². The van der Waals surface area contributed by atoms with Gasteiger partial charge in [0.15, 0.2) is 0 Å². The summed E-state index contributed by atoms with van der Waals surface area (Å²) >= 11 is 0. The fraction of sp³-hybridized carbons (Fsp3) is 0.308. The largest absolute Gasteiger partial charge is 0.457 e. The molecule has 0 N–H and O–H groups in total. The van der Waals surface area contributed by atoms with Crippen LogP contribution >= 0.6 is 0 Å². The zero-order valence-electron chi connectivity index (χ0n) is 19.9. The molecule has 0 aliphatic rings. The minimum Gasteiger partial charge on any atom is -0.457 e. The van der Waals surface area contributed by atoms with Crippen LogP contribution in [0.5, 0.6) is 11.5 Å². The van der Waals surface area contributed by atoms with Crippen LogP contribution in [0.3, 0.4) is 0 Å². The molecule has 0 heterocycles. The topological polar surface area (TPSA) is 71.1 Å². The van der Waals surface area contributed by atoms with Crippen molar-refractivity contribution >= 4 is 11.9 Å². The average Bonchev–Trinajstić information content (AvgIpc) is 2.82. The minimum atomic E-state index is -0.492. The SMILES string of the molecule is C=C(C)C(=O)OCOc1ccc(-c2ccc(OCOC(=O)C(=C)C)cc2)cc1.CC.CC. The van der Waals surface area contributed by atoms with Gasteiger partial charge < -0.3 is 18.9 Å². The van der Waals surface area contributed by atoms with Crippen LogP contribution in [-0.2, 0) is 19.1 Å². The Balaban J connectivity index is 0.00000227. The number of benzene rings is 2. The van der Waals surface area contributed by atoms with Crippen molar-refractivity contribution < 1.29 is 28.5 Å². The van der Waals surface area contributed by atoms with E-state index in [-0.39, 0.29) is 13.6 Å². The zero-order chi connectivity index (χ0) is 24.5. The Morgan fingerprint density at radius 3 is 1.16 bits per heavy atom. The number of carbonyl (C=O) groups is 2. The van der Waals surface area contributed by atoms with Crippen LogP contribution in [0.15, 0.2) is 72.8 Å². The molecule has 0 bridgehead atoms. The minimum absolute atomic E-state index is 0.174. The van der Waals surface area contributed by atoms with Crippen LogP contribution in [0.25, 0.3) is 11.1 Å². The second kappa shape index (κ2) is 16.2. The van der Waals surface area contributed by atoms with E-state index in [2.05, 4.69) is 13.2 Å². The van der Waals surface area contributed by atoms with Gasteiger partial charge >= 0.3 is 11.9 Å². The molecule has 0 atom stereocenters. The number of hydrogen-bond donors (Lipinski definition) is 0. The van der Waals surface area contributed by atoms with Gasteiger partial charge in [-0.2, -0.15) is 0 Å². The normalized spacial score (nSPS) is 9.06. The molecule has 0 amide bonds. The lowest BCUT2D eigenvalue weighted by molar-refractivity contribution is -0.146. The first-order valence-electron chi connectivity index (χ1n) is 10.5. The Hall–Kier alpha value is -3.54. The maximum Gasteiger partial charge on any atom is 0.335 e. The monoisotopic (exact) mass is 442 g/mol. The molecule has 0 unspecified atom stereocenters. The highest BCUT2D eigenvalue weighted by Gasteiger charge is 2.05. The molecule has 6 nitrogen and oxygen atoms in total. The van der Waals surface area contributed by atoms with Crippen LogP contribution in [0, 0.1) is 0 Å². The molecule has 174 valence electrons. The molecular formula is C26H34O6. The molecule has 2 aromatic rings.